The van der Waals surface area contributed by atoms with Gasteiger partial charge in [0.05, 0.1) is 23.4 Å². The Morgan fingerprint density at radius 3 is 2.74 bits per heavy atom. The number of aryl methyl sites for hydroxylation is 1. The van der Waals surface area contributed by atoms with Gasteiger partial charge in [-0.2, -0.15) is 0 Å². The van der Waals surface area contributed by atoms with Gasteiger partial charge in [-0.25, -0.2) is 4.98 Å². The zero-order chi connectivity index (χ0) is 19.2. The predicted octanol–water partition coefficient (Wildman–Crippen LogP) is 4.19. The van der Waals surface area contributed by atoms with Gasteiger partial charge in [0, 0.05) is 12.1 Å². The molecule has 6 heteroatoms. The van der Waals surface area contributed by atoms with E-state index in [0.717, 1.165) is 34.8 Å². The largest absolute Gasteiger partial charge is 0.497 e. The normalized spacial score (nSPS) is 13.3. The lowest BCUT2D eigenvalue weighted by molar-refractivity contribution is -0.120. The fourth-order valence-electron chi connectivity index (χ4n) is 2.83. The molecule has 3 rings (SSSR count). The molecule has 0 bridgehead atoms. The summed E-state index contributed by atoms with van der Waals surface area (Å²) in [5.74, 6) is 0.805. The SMILES string of the molecule is COc1ccc2nc(S[C@@H](C)C(=O)N[C@@H](C)CCc3ccccc3)[nH]c2c1. The van der Waals surface area contributed by atoms with E-state index in [1.807, 2.05) is 50.2 Å². The summed E-state index contributed by atoms with van der Waals surface area (Å²) in [6, 6.07) is 16.1. The zero-order valence-corrected chi connectivity index (χ0v) is 16.7. The van der Waals surface area contributed by atoms with Crippen LogP contribution in [0.5, 0.6) is 5.75 Å². The van der Waals surface area contributed by atoms with E-state index in [9.17, 15) is 4.79 Å². The van der Waals surface area contributed by atoms with Gasteiger partial charge in [0.2, 0.25) is 5.91 Å². The van der Waals surface area contributed by atoms with Crippen LogP contribution in [0.25, 0.3) is 11.0 Å². The Bertz CT molecular complexity index is 895. The molecule has 5 nitrogen and oxygen atoms in total. The number of aromatic nitrogens is 2. The summed E-state index contributed by atoms with van der Waals surface area (Å²) in [6.45, 7) is 3.95. The van der Waals surface area contributed by atoms with Crippen LogP contribution in [0.3, 0.4) is 0 Å². The number of thioether (sulfide) groups is 1. The smallest absolute Gasteiger partial charge is 0.233 e. The van der Waals surface area contributed by atoms with Crippen molar-refractivity contribution in [2.24, 2.45) is 0 Å². The Kier molecular flexibility index (Phi) is 6.40. The van der Waals surface area contributed by atoms with E-state index in [-0.39, 0.29) is 17.2 Å². The molecule has 0 aliphatic carbocycles. The van der Waals surface area contributed by atoms with E-state index in [1.54, 1.807) is 7.11 Å². The first-order valence-corrected chi connectivity index (χ1v) is 9.98. The van der Waals surface area contributed by atoms with Crippen molar-refractivity contribution in [2.45, 2.75) is 43.1 Å². The van der Waals surface area contributed by atoms with Crippen molar-refractivity contribution < 1.29 is 9.53 Å². The van der Waals surface area contributed by atoms with Gasteiger partial charge in [-0.15, -0.1) is 0 Å². The molecule has 142 valence electrons. The average molecular weight is 384 g/mol. The minimum Gasteiger partial charge on any atom is -0.497 e. The van der Waals surface area contributed by atoms with Crippen molar-refractivity contribution in [3.63, 3.8) is 0 Å². The molecule has 0 radical (unpaired) electrons. The van der Waals surface area contributed by atoms with Gasteiger partial charge in [0.15, 0.2) is 5.16 Å². The number of ether oxygens (including phenoxy) is 1. The van der Waals surface area contributed by atoms with Gasteiger partial charge in [-0.3, -0.25) is 4.79 Å². The average Bonchev–Trinajstić information content (AvgIpc) is 3.08. The van der Waals surface area contributed by atoms with E-state index in [0.29, 0.717) is 0 Å². The highest BCUT2D eigenvalue weighted by Crippen LogP contribution is 2.25. The standard InChI is InChI=1S/C21H25N3O2S/c1-14(9-10-16-7-5-4-6-8-16)22-20(25)15(2)27-21-23-18-12-11-17(26-3)13-19(18)24-21/h4-8,11-15H,9-10H2,1-3H3,(H,22,25)(H,23,24)/t14-,15-/m0/s1. The van der Waals surface area contributed by atoms with E-state index in [1.165, 1.54) is 17.3 Å². The maximum Gasteiger partial charge on any atom is 0.233 e. The highest BCUT2D eigenvalue weighted by Gasteiger charge is 2.18. The Morgan fingerprint density at radius 2 is 2.00 bits per heavy atom. The number of rotatable bonds is 8. The Balaban J connectivity index is 1.52. The second-order valence-corrected chi connectivity index (χ2v) is 7.95. The number of carbonyl (C=O) groups is 1. The van der Waals surface area contributed by atoms with Crippen molar-refractivity contribution in [1.82, 2.24) is 15.3 Å². The zero-order valence-electron chi connectivity index (χ0n) is 15.9. The van der Waals surface area contributed by atoms with Crippen LogP contribution in [0, 0.1) is 0 Å². The predicted molar refractivity (Wildman–Crippen MR) is 110 cm³/mol. The van der Waals surface area contributed by atoms with Crippen LogP contribution >= 0.6 is 11.8 Å². The molecule has 0 spiro atoms. The topological polar surface area (TPSA) is 67.0 Å². The second kappa shape index (κ2) is 8.95. The third kappa shape index (κ3) is 5.26. The summed E-state index contributed by atoms with van der Waals surface area (Å²) in [4.78, 5) is 20.3. The van der Waals surface area contributed by atoms with E-state index in [2.05, 4.69) is 27.4 Å². The van der Waals surface area contributed by atoms with Crippen molar-refractivity contribution in [3.8, 4) is 5.75 Å². The molecule has 2 aromatic carbocycles. The molecule has 2 atom stereocenters. The van der Waals surface area contributed by atoms with Crippen molar-refractivity contribution >= 4 is 28.7 Å². The molecule has 0 fully saturated rings. The molecular formula is C21H25N3O2S. The molecule has 0 unspecified atom stereocenters. The summed E-state index contributed by atoms with van der Waals surface area (Å²) in [5.41, 5.74) is 3.06. The molecule has 1 heterocycles. The molecule has 0 saturated carbocycles. The summed E-state index contributed by atoms with van der Waals surface area (Å²) in [5, 5.41) is 3.60. The number of nitrogens with one attached hydrogen (secondary N) is 2. The van der Waals surface area contributed by atoms with Crippen molar-refractivity contribution in [2.75, 3.05) is 7.11 Å². The number of benzene rings is 2. The van der Waals surface area contributed by atoms with Crippen LogP contribution in [0.2, 0.25) is 0 Å². The number of hydrogen-bond acceptors (Lipinski definition) is 4. The van der Waals surface area contributed by atoms with Gasteiger partial charge in [0.1, 0.15) is 5.75 Å². The molecular weight excluding hydrogens is 358 g/mol. The number of amides is 1. The van der Waals surface area contributed by atoms with E-state index in [4.69, 9.17) is 4.74 Å². The van der Waals surface area contributed by atoms with Crippen molar-refractivity contribution in [1.29, 1.82) is 0 Å². The van der Waals surface area contributed by atoms with Crippen LogP contribution in [0.1, 0.15) is 25.8 Å². The quantitative estimate of drug-likeness (QED) is 0.573. The molecule has 3 aromatic rings. The molecule has 1 amide bonds. The fourth-order valence-corrected chi connectivity index (χ4v) is 3.66. The van der Waals surface area contributed by atoms with Gasteiger partial charge in [-0.05, 0) is 44.4 Å². The number of nitrogens with zero attached hydrogens (tertiary/aromatic N) is 1. The van der Waals surface area contributed by atoms with Crippen molar-refractivity contribution in [3.05, 3.63) is 54.1 Å². The van der Waals surface area contributed by atoms with Gasteiger partial charge < -0.3 is 15.0 Å². The number of methoxy groups -OCH3 is 1. The third-order valence-electron chi connectivity index (χ3n) is 4.42. The van der Waals surface area contributed by atoms with Gasteiger partial charge >= 0.3 is 0 Å². The first-order valence-electron chi connectivity index (χ1n) is 9.10. The number of fused-ring (bicyclic) bond motifs is 1. The number of hydrogen-bond donors (Lipinski definition) is 2. The van der Waals surface area contributed by atoms with Crippen LogP contribution < -0.4 is 10.1 Å². The highest BCUT2D eigenvalue weighted by molar-refractivity contribution is 8.00. The Morgan fingerprint density at radius 1 is 1.22 bits per heavy atom. The molecule has 0 aliphatic heterocycles. The lowest BCUT2D eigenvalue weighted by atomic mass is 10.1. The molecule has 2 N–H and O–H groups in total. The number of H-pyrrole nitrogens is 1. The van der Waals surface area contributed by atoms with Crippen LogP contribution in [0.15, 0.2) is 53.7 Å². The van der Waals surface area contributed by atoms with E-state index >= 15 is 0 Å². The lowest BCUT2D eigenvalue weighted by Gasteiger charge is -2.16. The monoisotopic (exact) mass is 383 g/mol. The Hall–Kier alpha value is -2.47. The molecule has 0 aliphatic rings. The molecule has 1 aromatic heterocycles. The van der Waals surface area contributed by atoms with Crippen LogP contribution in [-0.4, -0.2) is 34.3 Å². The first kappa shape index (κ1) is 19.3. The van der Waals surface area contributed by atoms with Gasteiger partial charge in [-0.1, -0.05) is 42.1 Å². The molecule has 27 heavy (non-hydrogen) atoms. The number of aromatic amines is 1. The van der Waals surface area contributed by atoms with Gasteiger partial charge in [0.25, 0.3) is 0 Å². The Labute approximate surface area is 163 Å². The maximum absolute atomic E-state index is 12.5. The molecule has 0 saturated heterocycles. The highest BCUT2D eigenvalue weighted by atomic mass is 32.2. The first-order chi connectivity index (χ1) is 13.0. The minimum absolute atomic E-state index is 0.0265. The second-order valence-electron chi connectivity index (χ2n) is 6.62. The summed E-state index contributed by atoms with van der Waals surface area (Å²) >= 11 is 1.43. The lowest BCUT2D eigenvalue weighted by Crippen LogP contribution is -2.37. The summed E-state index contributed by atoms with van der Waals surface area (Å²) in [6.07, 6.45) is 1.87. The number of imidazole rings is 1. The maximum atomic E-state index is 12.5. The summed E-state index contributed by atoms with van der Waals surface area (Å²) in [7, 11) is 1.64. The number of carbonyl (C=O) groups excluding carboxylic acids is 1. The third-order valence-corrected chi connectivity index (χ3v) is 5.41. The van der Waals surface area contributed by atoms with E-state index < -0.39 is 0 Å². The van der Waals surface area contributed by atoms with Crippen LogP contribution in [-0.2, 0) is 11.2 Å². The summed E-state index contributed by atoms with van der Waals surface area (Å²) < 4.78 is 5.23. The van der Waals surface area contributed by atoms with Crippen LogP contribution in [0.4, 0.5) is 0 Å². The minimum atomic E-state index is -0.230. The fraction of sp³-hybridized carbons (Fsp3) is 0.333.